The number of unbranched alkanes of at least 4 members (excludes halogenated alkanes) is 1. The molecular formula is C16H28N2. The highest BCUT2D eigenvalue weighted by atomic mass is 14.7. The van der Waals surface area contributed by atoms with Crippen molar-refractivity contribution >= 4 is 0 Å². The van der Waals surface area contributed by atoms with E-state index in [1.165, 1.54) is 31.2 Å². The van der Waals surface area contributed by atoms with Crippen LogP contribution in [0, 0.1) is 5.92 Å². The molecule has 0 aliphatic heterocycles. The highest BCUT2D eigenvalue weighted by Crippen LogP contribution is 2.18. The number of nitrogens with two attached hydrogens (primary N) is 1. The van der Waals surface area contributed by atoms with Gasteiger partial charge in [-0.15, -0.1) is 0 Å². The zero-order chi connectivity index (χ0) is 13.4. The maximum Gasteiger partial charge on any atom is 0.0419 e. The van der Waals surface area contributed by atoms with Crippen LogP contribution in [0.15, 0.2) is 18.3 Å². The lowest BCUT2D eigenvalue weighted by Crippen LogP contribution is -2.32. The number of nitrogens with zero attached hydrogens (tertiary/aromatic N) is 1. The van der Waals surface area contributed by atoms with Gasteiger partial charge in [-0.05, 0) is 30.4 Å². The predicted molar refractivity (Wildman–Crippen MR) is 78.6 cm³/mol. The summed E-state index contributed by atoms with van der Waals surface area (Å²) < 4.78 is 0. The van der Waals surface area contributed by atoms with Crippen LogP contribution in [0.1, 0.15) is 57.7 Å². The summed E-state index contributed by atoms with van der Waals surface area (Å²) in [5, 5.41) is 0. The average Bonchev–Trinajstić information content (AvgIpc) is 2.40. The van der Waals surface area contributed by atoms with Crippen LogP contribution in [0.4, 0.5) is 0 Å². The third-order valence-corrected chi connectivity index (χ3v) is 3.80. The molecule has 0 radical (unpaired) electrons. The molecule has 2 unspecified atom stereocenters. The van der Waals surface area contributed by atoms with Gasteiger partial charge in [0.05, 0.1) is 0 Å². The van der Waals surface area contributed by atoms with Gasteiger partial charge in [-0.2, -0.15) is 0 Å². The quantitative estimate of drug-likeness (QED) is 0.761. The van der Waals surface area contributed by atoms with Gasteiger partial charge in [0.1, 0.15) is 0 Å². The largest absolute Gasteiger partial charge is 0.327 e. The monoisotopic (exact) mass is 248 g/mol. The molecule has 1 heterocycles. The van der Waals surface area contributed by atoms with Crippen molar-refractivity contribution < 1.29 is 0 Å². The van der Waals surface area contributed by atoms with Crippen LogP contribution in [-0.4, -0.2) is 11.0 Å². The summed E-state index contributed by atoms with van der Waals surface area (Å²) in [6, 6.07) is 4.55. The second-order valence-electron chi connectivity index (χ2n) is 5.19. The van der Waals surface area contributed by atoms with Crippen molar-refractivity contribution in [2.75, 3.05) is 0 Å². The van der Waals surface area contributed by atoms with Crippen LogP contribution < -0.4 is 5.73 Å². The van der Waals surface area contributed by atoms with Crippen LogP contribution in [0.3, 0.4) is 0 Å². The molecule has 0 amide bonds. The Kier molecular flexibility index (Phi) is 6.96. The van der Waals surface area contributed by atoms with E-state index in [0.717, 1.165) is 18.5 Å². The zero-order valence-corrected chi connectivity index (χ0v) is 12.2. The molecule has 0 aromatic carbocycles. The Hall–Kier alpha value is -0.890. The molecule has 1 aromatic heterocycles. The first-order chi connectivity index (χ1) is 8.71. The first kappa shape index (κ1) is 15.2. The Bertz CT molecular complexity index is 318. The number of pyridine rings is 1. The van der Waals surface area contributed by atoms with Gasteiger partial charge in [-0.25, -0.2) is 0 Å². The zero-order valence-electron chi connectivity index (χ0n) is 12.2. The minimum atomic E-state index is 0.251. The lowest BCUT2D eigenvalue weighted by atomic mass is 9.89. The third kappa shape index (κ3) is 4.77. The first-order valence-electron chi connectivity index (χ1n) is 7.40. The van der Waals surface area contributed by atoms with Crippen molar-refractivity contribution in [1.82, 2.24) is 4.98 Å². The first-order valence-corrected chi connectivity index (χ1v) is 7.40. The third-order valence-electron chi connectivity index (χ3n) is 3.80. The second-order valence-corrected chi connectivity index (χ2v) is 5.19. The van der Waals surface area contributed by atoms with Gasteiger partial charge in [0.2, 0.25) is 0 Å². The maximum absolute atomic E-state index is 6.33. The summed E-state index contributed by atoms with van der Waals surface area (Å²) in [6.45, 7) is 6.64. The van der Waals surface area contributed by atoms with Gasteiger partial charge in [-0.3, -0.25) is 4.98 Å². The van der Waals surface area contributed by atoms with Gasteiger partial charge in [0.25, 0.3) is 0 Å². The number of hydrogen-bond donors (Lipinski definition) is 1. The molecule has 18 heavy (non-hydrogen) atoms. The molecule has 0 fully saturated rings. The van der Waals surface area contributed by atoms with E-state index in [2.05, 4.69) is 37.9 Å². The average molecular weight is 248 g/mol. The van der Waals surface area contributed by atoms with Crippen molar-refractivity contribution in [3.05, 3.63) is 29.6 Å². The summed E-state index contributed by atoms with van der Waals surface area (Å²) in [6.07, 6.45) is 8.91. The van der Waals surface area contributed by atoms with E-state index in [4.69, 9.17) is 5.73 Å². The molecule has 1 rings (SSSR count). The Morgan fingerprint density at radius 1 is 1.22 bits per heavy atom. The van der Waals surface area contributed by atoms with Gasteiger partial charge in [0, 0.05) is 24.4 Å². The summed E-state index contributed by atoms with van der Waals surface area (Å²) in [7, 11) is 0. The van der Waals surface area contributed by atoms with Crippen molar-refractivity contribution in [1.29, 1.82) is 0 Å². The molecule has 2 N–H and O–H groups in total. The molecular weight excluding hydrogens is 220 g/mol. The van der Waals surface area contributed by atoms with Crippen LogP contribution in [0.2, 0.25) is 0 Å². The lowest BCUT2D eigenvalue weighted by molar-refractivity contribution is 0.367. The molecule has 2 atom stereocenters. The SMILES string of the molecule is CCCCC(CC)C(N)Cc1ccc(CC)cn1. The summed E-state index contributed by atoms with van der Waals surface area (Å²) in [4.78, 5) is 4.51. The second kappa shape index (κ2) is 8.25. The molecule has 1 aromatic rings. The van der Waals surface area contributed by atoms with Crippen LogP contribution in [-0.2, 0) is 12.8 Å². The normalized spacial score (nSPS) is 14.4. The van der Waals surface area contributed by atoms with Gasteiger partial charge < -0.3 is 5.73 Å². The highest BCUT2D eigenvalue weighted by molar-refractivity contribution is 5.14. The van der Waals surface area contributed by atoms with E-state index in [1.54, 1.807) is 0 Å². The molecule has 0 spiro atoms. The van der Waals surface area contributed by atoms with Crippen molar-refractivity contribution in [3.8, 4) is 0 Å². The molecule has 0 saturated heterocycles. The Morgan fingerprint density at radius 3 is 2.50 bits per heavy atom. The Labute approximate surface area is 112 Å². The topological polar surface area (TPSA) is 38.9 Å². The fourth-order valence-corrected chi connectivity index (χ4v) is 2.38. The molecule has 2 heteroatoms. The standard InChI is InChI=1S/C16H28N2/c1-4-7-8-14(6-3)16(17)11-15-10-9-13(5-2)12-18-15/h9-10,12,14,16H,4-8,11,17H2,1-3H3. The number of aromatic nitrogens is 1. The highest BCUT2D eigenvalue weighted by Gasteiger charge is 2.16. The van der Waals surface area contributed by atoms with Crippen LogP contribution >= 0.6 is 0 Å². The maximum atomic E-state index is 6.33. The molecule has 0 bridgehead atoms. The molecule has 0 saturated carbocycles. The summed E-state index contributed by atoms with van der Waals surface area (Å²) >= 11 is 0. The molecule has 0 aliphatic rings. The van der Waals surface area contributed by atoms with E-state index in [9.17, 15) is 0 Å². The van der Waals surface area contributed by atoms with Crippen molar-refractivity contribution in [2.24, 2.45) is 11.7 Å². The molecule has 0 aliphatic carbocycles. The number of aryl methyl sites for hydroxylation is 1. The van der Waals surface area contributed by atoms with Crippen LogP contribution in [0.25, 0.3) is 0 Å². The van der Waals surface area contributed by atoms with Crippen molar-refractivity contribution in [2.45, 2.75) is 65.3 Å². The van der Waals surface area contributed by atoms with Gasteiger partial charge in [-0.1, -0.05) is 46.1 Å². The minimum absolute atomic E-state index is 0.251. The fourth-order valence-electron chi connectivity index (χ4n) is 2.38. The Balaban J connectivity index is 2.52. The van der Waals surface area contributed by atoms with E-state index >= 15 is 0 Å². The van der Waals surface area contributed by atoms with E-state index in [-0.39, 0.29) is 6.04 Å². The predicted octanol–water partition coefficient (Wildman–Crippen LogP) is 3.73. The molecule has 102 valence electrons. The van der Waals surface area contributed by atoms with E-state index in [0.29, 0.717) is 5.92 Å². The molecule has 2 nitrogen and oxygen atoms in total. The van der Waals surface area contributed by atoms with E-state index < -0.39 is 0 Å². The van der Waals surface area contributed by atoms with Crippen molar-refractivity contribution in [3.63, 3.8) is 0 Å². The lowest BCUT2D eigenvalue weighted by Gasteiger charge is -2.22. The smallest absolute Gasteiger partial charge is 0.0419 e. The summed E-state index contributed by atoms with van der Waals surface area (Å²) in [5.74, 6) is 0.637. The number of rotatable bonds is 8. The van der Waals surface area contributed by atoms with Gasteiger partial charge in [0.15, 0.2) is 0 Å². The Morgan fingerprint density at radius 2 is 2.00 bits per heavy atom. The van der Waals surface area contributed by atoms with Gasteiger partial charge >= 0.3 is 0 Å². The minimum Gasteiger partial charge on any atom is -0.327 e. The number of hydrogen-bond acceptors (Lipinski definition) is 2. The summed E-state index contributed by atoms with van der Waals surface area (Å²) in [5.41, 5.74) is 8.76. The fraction of sp³-hybridized carbons (Fsp3) is 0.688. The van der Waals surface area contributed by atoms with E-state index in [1.807, 2.05) is 6.20 Å². The van der Waals surface area contributed by atoms with Crippen LogP contribution in [0.5, 0.6) is 0 Å².